The zero-order valence-electron chi connectivity index (χ0n) is 15.2. The van der Waals surface area contributed by atoms with Crippen molar-refractivity contribution in [2.24, 2.45) is 0 Å². The zero-order chi connectivity index (χ0) is 19.4. The van der Waals surface area contributed by atoms with E-state index in [0.717, 1.165) is 17.4 Å². The maximum atomic E-state index is 13.6. The fourth-order valence-corrected chi connectivity index (χ4v) is 2.79. The van der Waals surface area contributed by atoms with Gasteiger partial charge in [0.2, 0.25) is 5.43 Å². The van der Waals surface area contributed by atoms with Crippen LogP contribution in [-0.2, 0) is 13.1 Å². The topological polar surface area (TPSA) is 73.2 Å². The number of halogens is 1. The second-order valence-electron chi connectivity index (χ2n) is 5.91. The summed E-state index contributed by atoms with van der Waals surface area (Å²) >= 11 is 0. The van der Waals surface area contributed by atoms with Crippen molar-refractivity contribution in [3.05, 3.63) is 69.8 Å². The van der Waals surface area contributed by atoms with Crippen LogP contribution in [0.1, 0.15) is 29.9 Å². The Morgan fingerprint density at radius 1 is 1.19 bits per heavy atom. The molecule has 1 heterocycles. The van der Waals surface area contributed by atoms with Gasteiger partial charge >= 0.3 is 0 Å². The molecular formula is C20H20FN3O3. The Kier molecular flexibility index (Phi) is 5.49. The number of aromatic nitrogens is 2. The van der Waals surface area contributed by atoms with Gasteiger partial charge in [0.1, 0.15) is 11.6 Å². The largest absolute Gasteiger partial charge is 0.494 e. The van der Waals surface area contributed by atoms with Gasteiger partial charge in [0.15, 0.2) is 5.69 Å². The summed E-state index contributed by atoms with van der Waals surface area (Å²) in [4.78, 5) is 25.1. The van der Waals surface area contributed by atoms with E-state index in [1.165, 1.54) is 16.8 Å². The van der Waals surface area contributed by atoms with Crippen LogP contribution in [0.5, 0.6) is 5.75 Å². The minimum atomic E-state index is -0.595. The van der Waals surface area contributed by atoms with Crippen molar-refractivity contribution >= 4 is 16.8 Å². The van der Waals surface area contributed by atoms with Crippen LogP contribution < -0.4 is 15.5 Å². The number of carbonyl (C=O) groups is 1. The van der Waals surface area contributed by atoms with Crippen LogP contribution in [0.3, 0.4) is 0 Å². The monoisotopic (exact) mass is 369 g/mol. The molecule has 0 saturated heterocycles. The van der Waals surface area contributed by atoms with Gasteiger partial charge in [0.05, 0.1) is 17.5 Å². The number of ether oxygens (including phenoxy) is 1. The summed E-state index contributed by atoms with van der Waals surface area (Å²) in [5.74, 6) is -0.381. The molecule has 1 aromatic heterocycles. The molecule has 0 radical (unpaired) electrons. The molecule has 0 saturated carbocycles. The molecule has 1 amide bonds. The molecule has 7 heteroatoms. The average Bonchev–Trinajstić information content (AvgIpc) is 2.68. The summed E-state index contributed by atoms with van der Waals surface area (Å²) in [7, 11) is 0. The molecule has 6 nitrogen and oxygen atoms in total. The highest BCUT2D eigenvalue weighted by molar-refractivity contribution is 5.95. The van der Waals surface area contributed by atoms with Crippen molar-refractivity contribution in [1.82, 2.24) is 15.1 Å². The lowest BCUT2D eigenvalue weighted by molar-refractivity contribution is 0.0942. The van der Waals surface area contributed by atoms with Gasteiger partial charge in [-0.15, -0.1) is 0 Å². The van der Waals surface area contributed by atoms with Crippen LogP contribution in [0.4, 0.5) is 4.39 Å². The van der Waals surface area contributed by atoms with E-state index in [1.54, 1.807) is 0 Å². The van der Waals surface area contributed by atoms with Gasteiger partial charge in [-0.3, -0.25) is 14.3 Å². The molecule has 0 aliphatic carbocycles. The Hall–Kier alpha value is -3.22. The van der Waals surface area contributed by atoms with Crippen LogP contribution >= 0.6 is 0 Å². The van der Waals surface area contributed by atoms with E-state index in [1.807, 2.05) is 38.1 Å². The lowest BCUT2D eigenvalue weighted by atomic mass is 10.1. The fourth-order valence-electron chi connectivity index (χ4n) is 2.79. The molecule has 0 fully saturated rings. The predicted octanol–water partition coefficient (Wildman–Crippen LogP) is 2.88. The first-order valence-corrected chi connectivity index (χ1v) is 8.73. The third kappa shape index (κ3) is 3.97. The third-order valence-electron chi connectivity index (χ3n) is 4.12. The van der Waals surface area contributed by atoms with Crippen molar-refractivity contribution in [3.8, 4) is 5.75 Å². The number of aryl methyl sites for hydroxylation is 1. The van der Waals surface area contributed by atoms with E-state index in [0.29, 0.717) is 18.7 Å². The van der Waals surface area contributed by atoms with E-state index in [9.17, 15) is 14.0 Å². The smallest absolute Gasteiger partial charge is 0.276 e. The van der Waals surface area contributed by atoms with Gasteiger partial charge in [0.25, 0.3) is 5.91 Å². The first-order valence-electron chi connectivity index (χ1n) is 8.73. The standard InChI is InChI=1S/C20H20FN3O3/c1-3-24-17-10-7-14(21)11-16(17)19(25)18(23-24)20(26)22-12-13-5-8-15(9-6-13)27-4-2/h5-11H,3-4,12H2,1-2H3,(H,22,26). The summed E-state index contributed by atoms with van der Waals surface area (Å²) in [6.45, 7) is 5.00. The number of hydrogen-bond acceptors (Lipinski definition) is 4. The molecule has 0 aliphatic heterocycles. The third-order valence-corrected chi connectivity index (χ3v) is 4.12. The van der Waals surface area contributed by atoms with Crippen molar-refractivity contribution in [2.75, 3.05) is 6.61 Å². The molecule has 27 heavy (non-hydrogen) atoms. The van der Waals surface area contributed by atoms with Gasteiger partial charge < -0.3 is 10.1 Å². The minimum Gasteiger partial charge on any atom is -0.494 e. The quantitative estimate of drug-likeness (QED) is 0.725. The summed E-state index contributed by atoms with van der Waals surface area (Å²) in [6.07, 6.45) is 0. The first kappa shape index (κ1) is 18.6. The van der Waals surface area contributed by atoms with Crippen LogP contribution in [0.2, 0.25) is 0 Å². The fraction of sp³-hybridized carbons (Fsp3) is 0.250. The normalized spacial score (nSPS) is 10.8. The Bertz CT molecular complexity index is 1030. The molecule has 0 aliphatic rings. The van der Waals surface area contributed by atoms with Crippen molar-refractivity contribution < 1.29 is 13.9 Å². The molecule has 140 valence electrons. The van der Waals surface area contributed by atoms with Gasteiger partial charge in [-0.2, -0.15) is 5.10 Å². The highest BCUT2D eigenvalue weighted by Crippen LogP contribution is 2.13. The number of nitrogens with zero attached hydrogens (tertiary/aromatic N) is 2. The molecule has 3 rings (SSSR count). The molecule has 1 N–H and O–H groups in total. The van der Waals surface area contributed by atoms with Crippen molar-refractivity contribution in [1.29, 1.82) is 0 Å². The maximum Gasteiger partial charge on any atom is 0.276 e. The van der Waals surface area contributed by atoms with E-state index in [-0.39, 0.29) is 17.6 Å². The number of amides is 1. The van der Waals surface area contributed by atoms with Crippen LogP contribution in [0.25, 0.3) is 10.9 Å². The Morgan fingerprint density at radius 3 is 2.59 bits per heavy atom. The highest BCUT2D eigenvalue weighted by Gasteiger charge is 2.17. The molecule has 2 aromatic carbocycles. The summed E-state index contributed by atoms with van der Waals surface area (Å²) in [5, 5.41) is 6.97. The van der Waals surface area contributed by atoms with Gasteiger partial charge in [-0.25, -0.2) is 4.39 Å². The molecule has 0 bridgehead atoms. The SMILES string of the molecule is CCOc1ccc(CNC(=O)c2nn(CC)c3ccc(F)cc3c2=O)cc1. The number of hydrogen-bond donors (Lipinski definition) is 1. The molecule has 0 atom stereocenters. The predicted molar refractivity (Wildman–Crippen MR) is 100 cm³/mol. The second kappa shape index (κ2) is 7.99. The molecule has 0 spiro atoms. The number of nitrogens with one attached hydrogen (secondary N) is 1. The van der Waals surface area contributed by atoms with E-state index < -0.39 is 17.2 Å². The molecule has 0 unspecified atom stereocenters. The Balaban J connectivity index is 1.85. The second-order valence-corrected chi connectivity index (χ2v) is 5.91. The van der Waals surface area contributed by atoms with E-state index in [4.69, 9.17) is 4.74 Å². The number of fused-ring (bicyclic) bond motifs is 1. The van der Waals surface area contributed by atoms with E-state index >= 15 is 0 Å². The minimum absolute atomic E-state index is 0.137. The summed E-state index contributed by atoms with van der Waals surface area (Å²) < 4.78 is 20.5. The number of benzene rings is 2. The molecule has 3 aromatic rings. The van der Waals surface area contributed by atoms with Crippen molar-refractivity contribution in [3.63, 3.8) is 0 Å². The van der Waals surface area contributed by atoms with E-state index in [2.05, 4.69) is 10.4 Å². The van der Waals surface area contributed by atoms with Crippen molar-refractivity contribution in [2.45, 2.75) is 26.9 Å². The average molecular weight is 369 g/mol. The van der Waals surface area contributed by atoms with Crippen LogP contribution in [0, 0.1) is 5.82 Å². The van der Waals surface area contributed by atoms with Gasteiger partial charge in [0, 0.05) is 13.1 Å². The number of carbonyl (C=O) groups excluding carboxylic acids is 1. The lowest BCUT2D eigenvalue weighted by Crippen LogP contribution is -2.31. The summed E-state index contributed by atoms with van der Waals surface area (Å²) in [6, 6.07) is 11.2. The maximum absolute atomic E-state index is 13.6. The van der Waals surface area contributed by atoms with Crippen LogP contribution in [-0.4, -0.2) is 22.3 Å². The first-order chi connectivity index (χ1) is 13.0. The number of rotatable bonds is 6. The molecular weight excluding hydrogens is 349 g/mol. The highest BCUT2D eigenvalue weighted by atomic mass is 19.1. The van der Waals surface area contributed by atoms with Gasteiger partial charge in [-0.1, -0.05) is 12.1 Å². The van der Waals surface area contributed by atoms with Crippen LogP contribution in [0.15, 0.2) is 47.3 Å². The lowest BCUT2D eigenvalue weighted by Gasteiger charge is -2.11. The zero-order valence-corrected chi connectivity index (χ0v) is 15.2. The Morgan fingerprint density at radius 2 is 1.93 bits per heavy atom. The Labute approximate surface area is 155 Å². The summed E-state index contributed by atoms with van der Waals surface area (Å²) in [5.41, 5.74) is 0.515. The van der Waals surface area contributed by atoms with Gasteiger partial charge in [-0.05, 0) is 49.7 Å².